The molecule has 1 N–H and O–H groups in total. The van der Waals surface area contributed by atoms with Gasteiger partial charge in [-0.15, -0.1) is 11.3 Å². The Kier molecular flexibility index (Phi) is 6.20. The average molecular weight is 419 g/mol. The monoisotopic (exact) mass is 418 g/mol. The van der Waals surface area contributed by atoms with Gasteiger partial charge in [0.1, 0.15) is 10.6 Å². The third kappa shape index (κ3) is 4.75. The SMILES string of the molecule is CCOc1cc(-c2ccccc2)sc1C(=O)Nc1ccn(CCc2ccncc2)n1. The molecule has 0 saturated heterocycles. The Balaban J connectivity index is 1.46. The number of pyridine rings is 1. The molecular weight excluding hydrogens is 396 g/mol. The second-order valence-corrected chi connectivity index (χ2v) is 7.68. The van der Waals surface area contributed by atoms with Gasteiger partial charge in [-0.25, -0.2) is 0 Å². The Hall–Kier alpha value is -3.45. The van der Waals surface area contributed by atoms with Gasteiger partial charge >= 0.3 is 0 Å². The summed E-state index contributed by atoms with van der Waals surface area (Å²) in [6.07, 6.45) is 6.27. The Morgan fingerprint density at radius 2 is 1.93 bits per heavy atom. The molecule has 1 amide bonds. The first-order chi connectivity index (χ1) is 14.7. The van der Waals surface area contributed by atoms with Crippen molar-refractivity contribution in [2.24, 2.45) is 0 Å². The van der Waals surface area contributed by atoms with Gasteiger partial charge in [-0.05, 0) is 42.7 Å². The lowest BCUT2D eigenvalue weighted by atomic mass is 10.2. The molecule has 0 bridgehead atoms. The summed E-state index contributed by atoms with van der Waals surface area (Å²) in [6.45, 7) is 3.13. The van der Waals surface area contributed by atoms with E-state index < -0.39 is 0 Å². The van der Waals surface area contributed by atoms with Crippen molar-refractivity contribution in [1.29, 1.82) is 0 Å². The van der Waals surface area contributed by atoms with Crippen LogP contribution in [0.1, 0.15) is 22.2 Å². The molecule has 0 unspecified atom stereocenters. The fraction of sp³-hybridized carbons (Fsp3) is 0.174. The summed E-state index contributed by atoms with van der Waals surface area (Å²) in [5.41, 5.74) is 2.25. The second-order valence-electron chi connectivity index (χ2n) is 6.63. The van der Waals surface area contributed by atoms with E-state index in [1.165, 1.54) is 16.9 Å². The summed E-state index contributed by atoms with van der Waals surface area (Å²) in [7, 11) is 0. The number of ether oxygens (including phenoxy) is 1. The maximum absolute atomic E-state index is 12.9. The largest absolute Gasteiger partial charge is 0.492 e. The van der Waals surface area contributed by atoms with Crippen molar-refractivity contribution < 1.29 is 9.53 Å². The number of rotatable bonds is 8. The Morgan fingerprint density at radius 3 is 2.70 bits per heavy atom. The molecule has 3 heterocycles. The van der Waals surface area contributed by atoms with Gasteiger partial charge in [0.2, 0.25) is 0 Å². The quantitative estimate of drug-likeness (QED) is 0.442. The van der Waals surface area contributed by atoms with E-state index in [1.807, 2.05) is 66.3 Å². The summed E-state index contributed by atoms with van der Waals surface area (Å²) in [5, 5.41) is 7.35. The zero-order valence-electron chi connectivity index (χ0n) is 16.6. The molecule has 0 spiro atoms. The molecule has 0 fully saturated rings. The Bertz CT molecular complexity index is 1110. The molecule has 1 aromatic carbocycles. The number of nitrogens with one attached hydrogen (secondary N) is 1. The molecule has 6 nitrogen and oxygen atoms in total. The number of carbonyl (C=O) groups excluding carboxylic acids is 1. The van der Waals surface area contributed by atoms with Crippen LogP contribution in [0.3, 0.4) is 0 Å². The van der Waals surface area contributed by atoms with Crippen LogP contribution in [0.4, 0.5) is 5.82 Å². The normalized spacial score (nSPS) is 10.7. The lowest BCUT2D eigenvalue weighted by molar-refractivity contribution is 0.102. The van der Waals surface area contributed by atoms with Gasteiger partial charge in [0.05, 0.1) is 6.61 Å². The number of anilines is 1. The predicted molar refractivity (Wildman–Crippen MR) is 119 cm³/mol. The molecule has 0 saturated carbocycles. The molecule has 152 valence electrons. The van der Waals surface area contributed by atoms with Crippen LogP contribution >= 0.6 is 11.3 Å². The first-order valence-corrected chi connectivity index (χ1v) is 10.6. The molecule has 0 atom stereocenters. The Labute approximate surface area is 179 Å². The number of hydrogen-bond donors (Lipinski definition) is 1. The molecule has 0 aliphatic rings. The molecule has 0 aliphatic carbocycles. The van der Waals surface area contributed by atoms with Crippen molar-refractivity contribution >= 4 is 23.1 Å². The molecule has 4 aromatic rings. The highest BCUT2D eigenvalue weighted by molar-refractivity contribution is 7.17. The second kappa shape index (κ2) is 9.37. The Morgan fingerprint density at radius 1 is 1.13 bits per heavy atom. The number of carbonyl (C=O) groups is 1. The van der Waals surface area contributed by atoms with Crippen molar-refractivity contribution in [2.45, 2.75) is 19.9 Å². The standard InChI is InChI=1S/C23H22N4O2S/c1-2-29-19-16-20(18-6-4-3-5-7-18)30-22(19)23(28)25-21-11-15-27(26-21)14-10-17-8-12-24-13-9-17/h3-9,11-13,15-16H,2,10,14H2,1H3,(H,25,26,28). The minimum Gasteiger partial charge on any atom is -0.492 e. The van der Waals surface area contributed by atoms with Crippen molar-refractivity contribution in [3.63, 3.8) is 0 Å². The summed E-state index contributed by atoms with van der Waals surface area (Å²) in [6, 6.07) is 17.7. The number of hydrogen-bond acceptors (Lipinski definition) is 5. The van der Waals surface area contributed by atoms with Gasteiger partial charge in [-0.1, -0.05) is 30.3 Å². The van der Waals surface area contributed by atoms with E-state index in [4.69, 9.17) is 4.74 Å². The van der Waals surface area contributed by atoms with Crippen molar-refractivity contribution in [3.8, 4) is 16.2 Å². The molecular formula is C23H22N4O2S. The number of nitrogens with zero attached hydrogens (tertiary/aromatic N) is 3. The minimum atomic E-state index is -0.218. The molecule has 4 rings (SSSR count). The molecule has 7 heteroatoms. The lowest BCUT2D eigenvalue weighted by Crippen LogP contribution is -2.13. The first-order valence-electron chi connectivity index (χ1n) is 9.78. The fourth-order valence-corrected chi connectivity index (χ4v) is 4.06. The van der Waals surface area contributed by atoms with Crippen molar-refractivity contribution in [2.75, 3.05) is 11.9 Å². The minimum absolute atomic E-state index is 0.218. The zero-order chi connectivity index (χ0) is 20.8. The number of aromatic nitrogens is 3. The van der Waals surface area contributed by atoms with Crippen LogP contribution in [0, 0.1) is 0 Å². The summed E-state index contributed by atoms with van der Waals surface area (Å²) in [4.78, 5) is 18.5. The number of amides is 1. The molecule has 3 aromatic heterocycles. The first kappa shape index (κ1) is 19.8. The summed E-state index contributed by atoms with van der Waals surface area (Å²) >= 11 is 1.42. The van der Waals surface area contributed by atoms with Gasteiger partial charge in [-0.2, -0.15) is 5.10 Å². The maximum Gasteiger partial charge on any atom is 0.270 e. The number of thiophene rings is 1. The highest BCUT2D eigenvalue weighted by Gasteiger charge is 2.19. The number of benzene rings is 1. The van der Waals surface area contributed by atoms with Crippen molar-refractivity contribution in [1.82, 2.24) is 14.8 Å². The topological polar surface area (TPSA) is 69.0 Å². The smallest absolute Gasteiger partial charge is 0.270 e. The third-order valence-electron chi connectivity index (χ3n) is 4.52. The molecule has 0 aliphatic heterocycles. The van der Waals surface area contributed by atoms with Crippen LogP contribution in [0.2, 0.25) is 0 Å². The predicted octanol–water partition coefficient (Wildman–Crippen LogP) is 4.90. The van der Waals surface area contributed by atoms with Crippen LogP contribution < -0.4 is 10.1 Å². The third-order valence-corrected chi connectivity index (χ3v) is 5.69. The van der Waals surface area contributed by atoms with Gasteiger partial charge < -0.3 is 10.1 Å². The van der Waals surface area contributed by atoms with E-state index in [0.717, 1.165) is 23.4 Å². The van der Waals surface area contributed by atoms with Crippen LogP contribution in [0.25, 0.3) is 10.4 Å². The van der Waals surface area contributed by atoms with Crippen LogP contribution in [-0.2, 0) is 13.0 Å². The summed E-state index contributed by atoms with van der Waals surface area (Å²) < 4.78 is 7.53. The van der Waals surface area contributed by atoms with Gasteiger partial charge in [0.25, 0.3) is 5.91 Å². The van der Waals surface area contributed by atoms with E-state index in [0.29, 0.717) is 23.1 Å². The van der Waals surface area contributed by atoms with Crippen LogP contribution in [-0.4, -0.2) is 27.3 Å². The fourth-order valence-electron chi connectivity index (χ4n) is 3.06. The van der Waals surface area contributed by atoms with Crippen LogP contribution in [0.5, 0.6) is 5.75 Å². The number of aryl methyl sites for hydroxylation is 2. The molecule has 30 heavy (non-hydrogen) atoms. The highest BCUT2D eigenvalue weighted by Crippen LogP contribution is 2.36. The van der Waals surface area contributed by atoms with Gasteiger partial charge in [-0.3, -0.25) is 14.5 Å². The van der Waals surface area contributed by atoms with E-state index in [-0.39, 0.29) is 5.91 Å². The van der Waals surface area contributed by atoms with E-state index in [9.17, 15) is 4.79 Å². The van der Waals surface area contributed by atoms with Crippen LogP contribution in [0.15, 0.2) is 73.2 Å². The highest BCUT2D eigenvalue weighted by atomic mass is 32.1. The van der Waals surface area contributed by atoms with E-state index >= 15 is 0 Å². The summed E-state index contributed by atoms with van der Waals surface area (Å²) in [5.74, 6) is 0.896. The van der Waals surface area contributed by atoms with Gasteiger partial charge in [0, 0.05) is 36.1 Å². The average Bonchev–Trinajstić information content (AvgIpc) is 3.41. The van der Waals surface area contributed by atoms with Gasteiger partial charge in [0.15, 0.2) is 5.82 Å². The van der Waals surface area contributed by atoms with E-state index in [2.05, 4.69) is 15.4 Å². The van der Waals surface area contributed by atoms with E-state index in [1.54, 1.807) is 18.5 Å². The zero-order valence-corrected chi connectivity index (χ0v) is 17.4. The lowest BCUT2D eigenvalue weighted by Gasteiger charge is -2.05. The maximum atomic E-state index is 12.9. The molecule has 0 radical (unpaired) electrons. The van der Waals surface area contributed by atoms with Crippen molar-refractivity contribution in [3.05, 3.63) is 83.6 Å².